The zero-order valence-corrected chi connectivity index (χ0v) is 14.5. The minimum atomic E-state index is -4.57. The molecule has 140 valence electrons. The number of halogens is 6. The molecule has 0 aromatic carbocycles. The summed E-state index contributed by atoms with van der Waals surface area (Å²) in [7, 11) is 0. The van der Waals surface area contributed by atoms with Crippen molar-refractivity contribution < 1.29 is 26.3 Å². The summed E-state index contributed by atoms with van der Waals surface area (Å²) in [4.78, 5) is 0. The quantitative estimate of drug-likeness (QED) is 0.365. The summed E-state index contributed by atoms with van der Waals surface area (Å²) in [5, 5.41) is 0. The molecule has 6 atom stereocenters. The predicted octanol–water partition coefficient (Wildman–Crippen LogP) is 6.69. The lowest BCUT2D eigenvalue weighted by atomic mass is 9.80. The molecule has 0 nitrogen and oxygen atoms in total. The van der Waals surface area contributed by atoms with Crippen LogP contribution in [0.5, 0.6) is 0 Å². The molecule has 0 aliphatic rings. The SMILES string of the molecule is CC(F)CC(C)CCC(C)C(CCF)C[C@H](F)C(C)C(F)(F)F. The molecular formula is C17H30F6. The van der Waals surface area contributed by atoms with Crippen LogP contribution in [-0.2, 0) is 0 Å². The highest BCUT2D eigenvalue weighted by Gasteiger charge is 2.42. The Morgan fingerprint density at radius 1 is 0.826 bits per heavy atom. The maximum atomic E-state index is 13.9. The van der Waals surface area contributed by atoms with Crippen LogP contribution in [0.4, 0.5) is 26.3 Å². The molecule has 0 saturated heterocycles. The van der Waals surface area contributed by atoms with Crippen LogP contribution >= 0.6 is 0 Å². The molecule has 0 N–H and O–H groups in total. The molecule has 0 saturated carbocycles. The van der Waals surface area contributed by atoms with Crippen LogP contribution in [0, 0.1) is 23.7 Å². The average molecular weight is 348 g/mol. The molecule has 0 spiro atoms. The summed E-state index contributed by atoms with van der Waals surface area (Å²) in [6.45, 7) is 5.37. The summed E-state index contributed by atoms with van der Waals surface area (Å²) in [5.74, 6) is -2.39. The number of alkyl halides is 6. The third kappa shape index (κ3) is 9.46. The highest BCUT2D eigenvalue weighted by atomic mass is 19.4. The minimum absolute atomic E-state index is 0.0695. The first-order chi connectivity index (χ1) is 10.5. The van der Waals surface area contributed by atoms with Gasteiger partial charge < -0.3 is 0 Å². The third-order valence-electron chi connectivity index (χ3n) is 4.71. The molecule has 0 bridgehead atoms. The Morgan fingerprint density at radius 2 is 1.39 bits per heavy atom. The lowest BCUT2D eigenvalue weighted by molar-refractivity contribution is -0.187. The predicted molar refractivity (Wildman–Crippen MR) is 81.6 cm³/mol. The minimum Gasteiger partial charge on any atom is -0.251 e. The monoisotopic (exact) mass is 348 g/mol. The van der Waals surface area contributed by atoms with Crippen molar-refractivity contribution in [2.45, 2.75) is 78.3 Å². The normalized spacial score (nSPS) is 20.6. The second-order valence-electron chi connectivity index (χ2n) is 7.00. The molecule has 0 heterocycles. The number of rotatable bonds is 11. The summed E-state index contributed by atoms with van der Waals surface area (Å²) >= 11 is 0. The van der Waals surface area contributed by atoms with Crippen molar-refractivity contribution in [2.75, 3.05) is 6.67 Å². The molecule has 6 heteroatoms. The van der Waals surface area contributed by atoms with E-state index in [1.165, 1.54) is 6.92 Å². The van der Waals surface area contributed by atoms with E-state index in [1.54, 1.807) is 0 Å². The van der Waals surface area contributed by atoms with Crippen LogP contribution in [0.2, 0.25) is 0 Å². The molecular weight excluding hydrogens is 318 g/mol. The van der Waals surface area contributed by atoms with Gasteiger partial charge in [-0.2, -0.15) is 13.2 Å². The molecule has 0 amide bonds. The number of hydrogen-bond acceptors (Lipinski definition) is 0. The number of hydrogen-bond donors (Lipinski definition) is 0. The summed E-state index contributed by atoms with van der Waals surface area (Å²) in [5.41, 5.74) is 0. The van der Waals surface area contributed by atoms with Crippen molar-refractivity contribution >= 4 is 0 Å². The Morgan fingerprint density at radius 3 is 1.83 bits per heavy atom. The van der Waals surface area contributed by atoms with E-state index in [0.717, 1.165) is 6.92 Å². The maximum Gasteiger partial charge on any atom is 0.394 e. The van der Waals surface area contributed by atoms with Crippen molar-refractivity contribution in [3.8, 4) is 0 Å². The van der Waals surface area contributed by atoms with Gasteiger partial charge in [0.2, 0.25) is 0 Å². The molecule has 0 fully saturated rings. The van der Waals surface area contributed by atoms with Gasteiger partial charge in [0.25, 0.3) is 0 Å². The first-order valence-corrected chi connectivity index (χ1v) is 8.39. The van der Waals surface area contributed by atoms with Gasteiger partial charge in [-0.3, -0.25) is 4.39 Å². The van der Waals surface area contributed by atoms with Crippen LogP contribution in [-0.4, -0.2) is 25.2 Å². The summed E-state index contributed by atoms with van der Waals surface area (Å²) < 4.78 is 77.2. The largest absolute Gasteiger partial charge is 0.394 e. The lowest BCUT2D eigenvalue weighted by Gasteiger charge is -2.28. The van der Waals surface area contributed by atoms with Crippen molar-refractivity contribution in [2.24, 2.45) is 23.7 Å². The van der Waals surface area contributed by atoms with E-state index < -0.39 is 37.0 Å². The highest BCUT2D eigenvalue weighted by Crippen LogP contribution is 2.36. The first kappa shape index (κ1) is 22.6. The van der Waals surface area contributed by atoms with Crippen LogP contribution in [0.15, 0.2) is 0 Å². The van der Waals surface area contributed by atoms with Crippen LogP contribution in [0.1, 0.15) is 59.8 Å². The van der Waals surface area contributed by atoms with E-state index in [9.17, 15) is 26.3 Å². The van der Waals surface area contributed by atoms with Gasteiger partial charge in [-0.25, -0.2) is 8.78 Å². The van der Waals surface area contributed by atoms with Gasteiger partial charge in [0.05, 0.1) is 18.8 Å². The van der Waals surface area contributed by atoms with E-state index >= 15 is 0 Å². The Bertz CT molecular complexity index is 302. The zero-order valence-electron chi connectivity index (χ0n) is 14.5. The van der Waals surface area contributed by atoms with Crippen LogP contribution in [0.3, 0.4) is 0 Å². The van der Waals surface area contributed by atoms with Gasteiger partial charge in [-0.05, 0) is 43.9 Å². The molecule has 5 unspecified atom stereocenters. The Kier molecular flexibility index (Phi) is 10.3. The zero-order chi connectivity index (χ0) is 18.2. The highest BCUT2D eigenvalue weighted by molar-refractivity contribution is 4.78. The van der Waals surface area contributed by atoms with Gasteiger partial charge in [-0.15, -0.1) is 0 Å². The smallest absolute Gasteiger partial charge is 0.251 e. The van der Waals surface area contributed by atoms with E-state index in [2.05, 4.69) is 0 Å². The molecule has 0 aliphatic heterocycles. The van der Waals surface area contributed by atoms with E-state index in [-0.39, 0.29) is 24.7 Å². The summed E-state index contributed by atoms with van der Waals surface area (Å²) in [6, 6.07) is 0. The van der Waals surface area contributed by atoms with Crippen molar-refractivity contribution in [3.63, 3.8) is 0 Å². The van der Waals surface area contributed by atoms with Crippen molar-refractivity contribution in [3.05, 3.63) is 0 Å². The van der Waals surface area contributed by atoms with E-state index in [4.69, 9.17) is 0 Å². The van der Waals surface area contributed by atoms with Gasteiger partial charge in [-0.1, -0.05) is 33.6 Å². The van der Waals surface area contributed by atoms with Crippen LogP contribution < -0.4 is 0 Å². The molecule has 0 aliphatic carbocycles. The van der Waals surface area contributed by atoms with Gasteiger partial charge in [0.15, 0.2) is 0 Å². The summed E-state index contributed by atoms with van der Waals surface area (Å²) in [6.07, 6.45) is -5.91. The average Bonchev–Trinajstić information content (AvgIpc) is 2.41. The fraction of sp³-hybridized carbons (Fsp3) is 1.00. The maximum absolute atomic E-state index is 13.9. The van der Waals surface area contributed by atoms with Gasteiger partial charge >= 0.3 is 6.18 Å². The molecule has 0 radical (unpaired) electrons. The fourth-order valence-electron chi connectivity index (χ4n) is 2.93. The molecule has 23 heavy (non-hydrogen) atoms. The molecule has 0 rings (SSSR count). The second-order valence-corrected chi connectivity index (χ2v) is 7.00. The Hall–Kier alpha value is -0.420. The molecule has 0 aromatic rings. The third-order valence-corrected chi connectivity index (χ3v) is 4.71. The lowest BCUT2D eigenvalue weighted by Crippen LogP contribution is -2.31. The van der Waals surface area contributed by atoms with Crippen molar-refractivity contribution in [1.82, 2.24) is 0 Å². The van der Waals surface area contributed by atoms with E-state index in [1.807, 2.05) is 13.8 Å². The van der Waals surface area contributed by atoms with Crippen molar-refractivity contribution in [1.29, 1.82) is 0 Å². The standard InChI is InChI=1S/C17H30F6/c1-11(9-13(3)19)5-6-12(2)15(7-8-18)10-16(20)14(4)17(21,22)23/h11-16H,5-10H2,1-4H3/t11?,12?,13?,14?,15?,16-/m0/s1. The van der Waals surface area contributed by atoms with Gasteiger partial charge in [0, 0.05) is 0 Å². The van der Waals surface area contributed by atoms with E-state index in [0.29, 0.717) is 19.3 Å². The molecule has 0 aromatic heterocycles. The second kappa shape index (κ2) is 10.4. The fourth-order valence-corrected chi connectivity index (χ4v) is 2.93. The Labute approximate surface area is 136 Å². The Balaban J connectivity index is 4.53. The topological polar surface area (TPSA) is 0 Å². The first-order valence-electron chi connectivity index (χ1n) is 8.39. The van der Waals surface area contributed by atoms with Crippen LogP contribution in [0.25, 0.3) is 0 Å². The van der Waals surface area contributed by atoms with Gasteiger partial charge in [0.1, 0.15) is 6.17 Å².